The molecule has 0 radical (unpaired) electrons. The number of anilines is 1. The number of hydrogen-bond donors (Lipinski definition) is 3. The van der Waals surface area contributed by atoms with Crippen LogP contribution in [-0.4, -0.2) is 42.7 Å². The molecule has 3 N–H and O–H groups in total. The lowest BCUT2D eigenvalue weighted by Gasteiger charge is -2.20. The maximum absolute atomic E-state index is 13.7. The van der Waals surface area contributed by atoms with Gasteiger partial charge in [0.2, 0.25) is 5.91 Å². The van der Waals surface area contributed by atoms with Crippen LogP contribution in [0.25, 0.3) is 22.4 Å². The normalized spacial score (nSPS) is 14.2. The molecule has 44 heavy (non-hydrogen) atoms. The summed E-state index contributed by atoms with van der Waals surface area (Å²) in [5.74, 6) is -0.654. The van der Waals surface area contributed by atoms with E-state index >= 15 is 0 Å². The van der Waals surface area contributed by atoms with E-state index in [1.807, 2.05) is 48.0 Å². The van der Waals surface area contributed by atoms with Gasteiger partial charge < -0.3 is 24.8 Å². The number of halogens is 1. The molecule has 10 nitrogen and oxygen atoms in total. The average molecular weight is 611 g/mol. The summed E-state index contributed by atoms with van der Waals surface area (Å²) in [5.41, 5.74) is 6.12. The number of pyridine rings is 1. The molecule has 2 aromatic carbocycles. The molecule has 1 aliphatic rings. The van der Waals surface area contributed by atoms with Crippen molar-refractivity contribution in [1.82, 2.24) is 25.0 Å². The Balaban J connectivity index is 1.25. The van der Waals surface area contributed by atoms with E-state index in [2.05, 4.69) is 25.8 Å². The Kier molecular flexibility index (Phi) is 8.28. The van der Waals surface area contributed by atoms with Crippen LogP contribution in [0, 0.1) is 12.8 Å². The van der Waals surface area contributed by atoms with Gasteiger partial charge in [0.1, 0.15) is 17.9 Å². The Hall–Kier alpha value is -4.80. The van der Waals surface area contributed by atoms with E-state index in [0.29, 0.717) is 27.7 Å². The molecular formula is C33H31ClN6O4. The molecule has 2 atom stereocenters. The van der Waals surface area contributed by atoms with Crippen LogP contribution in [0.5, 0.6) is 0 Å². The van der Waals surface area contributed by atoms with E-state index in [9.17, 15) is 14.7 Å². The Morgan fingerprint density at radius 1 is 1.09 bits per heavy atom. The molecule has 3 heterocycles. The zero-order valence-electron chi connectivity index (χ0n) is 24.2. The number of benzene rings is 2. The summed E-state index contributed by atoms with van der Waals surface area (Å²) in [7, 11) is 1.91. The molecule has 0 saturated heterocycles. The average Bonchev–Trinajstić information content (AvgIpc) is 3.65. The molecule has 3 aromatic heterocycles. The van der Waals surface area contributed by atoms with Crippen molar-refractivity contribution >= 4 is 29.1 Å². The third-order valence-electron chi connectivity index (χ3n) is 7.84. The number of aliphatic hydroxyl groups excluding tert-OH is 1. The molecule has 1 unspecified atom stereocenters. The fraction of sp³-hybridized carbons (Fsp3) is 0.242. The van der Waals surface area contributed by atoms with Gasteiger partial charge in [-0.25, -0.2) is 4.98 Å². The zero-order valence-corrected chi connectivity index (χ0v) is 25.0. The lowest BCUT2D eigenvalue weighted by atomic mass is 9.98. The van der Waals surface area contributed by atoms with Crippen LogP contribution in [0.15, 0.2) is 84.1 Å². The molecule has 0 bridgehead atoms. The summed E-state index contributed by atoms with van der Waals surface area (Å²) in [6.07, 6.45) is 7.94. The Morgan fingerprint density at radius 3 is 2.52 bits per heavy atom. The first-order valence-corrected chi connectivity index (χ1v) is 14.7. The minimum Gasteiger partial charge on any atom is -0.387 e. The maximum atomic E-state index is 13.7. The predicted octanol–water partition coefficient (Wildman–Crippen LogP) is 5.52. The van der Waals surface area contributed by atoms with Crippen molar-refractivity contribution in [2.45, 2.75) is 38.3 Å². The molecule has 11 heteroatoms. The number of nitrogens with zero attached hydrogens (tertiary/aromatic N) is 4. The summed E-state index contributed by atoms with van der Waals surface area (Å²) in [6, 6.07) is 15.7. The first-order chi connectivity index (χ1) is 21.3. The van der Waals surface area contributed by atoms with E-state index in [4.69, 9.17) is 16.1 Å². The highest BCUT2D eigenvalue weighted by atomic mass is 35.5. The predicted molar refractivity (Wildman–Crippen MR) is 166 cm³/mol. The molecule has 1 aliphatic carbocycles. The molecule has 2 amide bonds. The number of amides is 2. The minimum atomic E-state index is -0.981. The molecule has 1 fully saturated rings. The SMILES string of the molecule is Cc1nocc1C(=O)N[C@@H](Cc1cc(-c2ccnc(C(O)C3CC3)c2)ccc1Cl)C(=O)Nc1ccc(-c2cncn2C)cc1. The quantitative estimate of drug-likeness (QED) is 0.189. The number of carbonyl (C=O) groups excluding carboxylic acids is 2. The molecular weight excluding hydrogens is 580 g/mol. The first kappa shape index (κ1) is 29.3. The van der Waals surface area contributed by atoms with Gasteiger partial charge in [-0.3, -0.25) is 14.6 Å². The summed E-state index contributed by atoms with van der Waals surface area (Å²) < 4.78 is 6.85. The summed E-state index contributed by atoms with van der Waals surface area (Å²) >= 11 is 6.64. The largest absolute Gasteiger partial charge is 0.387 e. The fourth-order valence-corrected chi connectivity index (χ4v) is 5.31. The van der Waals surface area contributed by atoms with Gasteiger partial charge in [-0.2, -0.15) is 0 Å². The zero-order chi connectivity index (χ0) is 30.8. The number of nitrogens with one attached hydrogen (secondary N) is 2. The number of carbonyl (C=O) groups is 2. The van der Waals surface area contributed by atoms with Crippen molar-refractivity contribution in [3.05, 3.63) is 107 Å². The van der Waals surface area contributed by atoms with Crippen LogP contribution in [-0.2, 0) is 18.3 Å². The lowest BCUT2D eigenvalue weighted by Crippen LogP contribution is -2.45. The summed E-state index contributed by atoms with van der Waals surface area (Å²) in [5, 5.41) is 20.6. The molecule has 6 rings (SSSR count). The fourth-order valence-electron chi connectivity index (χ4n) is 5.12. The van der Waals surface area contributed by atoms with Gasteiger partial charge in [0.25, 0.3) is 5.91 Å². The third-order valence-corrected chi connectivity index (χ3v) is 8.21. The second kappa shape index (κ2) is 12.4. The van der Waals surface area contributed by atoms with Gasteiger partial charge in [0.15, 0.2) is 0 Å². The Morgan fingerprint density at radius 2 is 1.84 bits per heavy atom. The number of hydrogen-bond acceptors (Lipinski definition) is 7. The molecule has 1 saturated carbocycles. The van der Waals surface area contributed by atoms with Crippen LogP contribution in [0.1, 0.15) is 46.3 Å². The number of rotatable bonds is 10. The maximum Gasteiger partial charge on any atom is 0.257 e. The van der Waals surface area contributed by atoms with Crippen molar-refractivity contribution in [2.24, 2.45) is 13.0 Å². The van der Waals surface area contributed by atoms with E-state index in [1.54, 1.807) is 43.8 Å². The second-order valence-electron chi connectivity index (χ2n) is 11.1. The number of imidazole rings is 1. The van der Waals surface area contributed by atoms with Crippen LogP contribution in [0.2, 0.25) is 5.02 Å². The number of aromatic nitrogens is 4. The van der Waals surface area contributed by atoms with E-state index in [1.165, 1.54) is 6.26 Å². The van der Waals surface area contributed by atoms with E-state index in [-0.39, 0.29) is 17.9 Å². The van der Waals surface area contributed by atoms with Gasteiger partial charge in [-0.15, -0.1) is 0 Å². The van der Waals surface area contributed by atoms with Crippen molar-refractivity contribution in [3.8, 4) is 22.4 Å². The molecule has 5 aromatic rings. The van der Waals surface area contributed by atoms with Gasteiger partial charge in [-0.05, 0) is 84.3 Å². The monoisotopic (exact) mass is 610 g/mol. The summed E-state index contributed by atoms with van der Waals surface area (Å²) in [6.45, 7) is 1.65. The highest BCUT2D eigenvalue weighted by Gasteiger charge is 2.32. The van der Waals surface area contributed by atoms with Crippen LogP contribution in [0.3, 0.4) is 0 Å². The second-order valence-corrected chi connectivity index (χ2v) is 11.5. The molecule has 0 aliphatic heterocycles. The highest BCUT2D eigenvalue weighted by Crippen LogP contribution is 2.41. The third kappa shape index (κ3) is 6.41. The topological polar surface area (TPSA) is 135 Å². The first-order valence-electron chi connectivity index (χ1n) is 14.3. The van der Waals surface area contributed by atoms with E-state index in [0.717, 1.165) is 35.2 Å². The number of aliphatic hydroxyl groups is 1. The van der Waals surface area contributed by atoms with Gasteiger partial charge in [0.05, 0.1) is 35.7 Å². The van der Waals surface area contributed by atoms with Crippen molar-refractivity contribution < 1.29 is 19.2 Å². The van der Waals surface area contributed by atoms with Gasteiger partial charge >= 0.3 is 0 Å². The lowest BCUT2D eigenvalue weighted by molar-refractivity contribution is -0.118. The standard InChI is InChI=1S/C33H31ClN6O4/c1-19-26(17-44-39-19)32(42)38-29(33(43)37-25-8-5-20(6-9-25)30-16-35-18-40(30)2)15-24-13-22(7-10-27(24)34)23-11-12-36-28(14-23)31(41)21-3-4-21/h5-14,16-18,21,29,31,41H,3-4,15H2,1-2H3,(H,37,43)(H,38,42)/t29-,31?/m0/s1. The van der Waals surface area contributed by atoms with Crippen LogP contribution >= 0.6 is 11.6 Å². The Bertz CT molecular complexity index is 1810. The van der Waals surface area contributed by atoms with Crippen molar-refractivity contribution in [2.75, 3.05) is 5.32 Å². The number of aryl methyl sites for hydroxylation is 2. The van der Waals surface area contributed by atoms with E-state index < -0.39 is 24.0 Å². The van der Waals surface area contributed by atoms with Crippen molar-refractivity contribution in [1.29, 1.82) is 0 Å². The Labute approximate surface area is 259 Å². The smallest absolute Gasteiger partial charge is 0.257 e. The summed E-state index contributed by atoms with van der Waals surface area (Å²) in [4.78, 5) is 35.4. The van der Waals surface area contributed by atoms with Crippen LogP contribution in [0.4, 0.5) is 5.69 Å². The van der Waals surface area contributed by atoms with Crippen LogP contribution < -0.4 is 10.6 Å². The highest BCUT2D eigenvalue weighted by molar-refractivity contribution is 6.31. The molecule has 224 valence electrons. The minimum absolute atomic E-state index is 0.115. The molecule has 0 spiro atoms. The van der Waals surface area contributed by atoms with Gasteiger partial charge in [-0.1, -0.05) is 35.0 Å². The van der Waals surface area contributed by atoms with Crippen molar-refractivity contribution in [3.63, 3.8) is 0 Å². The van der Waals surface area contributed by atoms with Gasteiger partial charge in [0, 0.05) is 30.4 Å².